The van der Waals surface area contributed by atoms with Gasteiger partial charge in [0, 0.05) is 5.56 Å². The molecular formula is C13H15NO5. The topological polar surface area (TPSA) is 81.7 Å². The lowest BCUT2D eigenvalue weighted by Crippen LogP contribution is -2.30. The third kappa shape index (κ3) is 4.42. The van der Waals surface area contributed by atoms with Crippen LogP contribution < -0.4 is 5.32 Å². The summed E-state index contributed by atoms with van der Waals surface area (Å²) in [5.74, 6) is -1.50. The third-order valence-corrected chi connectivity index (χ3v) is 2.24. The zero-order valence-corrected chi connectivity index (χ0v) is 10.8. The van der Waals surface area contributed by atoms with Crippen molar-refractivity contribution in [1.29, 1.82) is 0 Å². The molecular weight excluding hydrogens is 250 g/mol. The summed E-state index contributed by atoms with van der Waals surface area (Å²) in [6, 6.07) is 6.03. The van der Waals surface area contributed by atoms with E-state index in [9.17, 15) is 14.4 Å². The number of nitrogens with one attached hydrogen (secondary N) is 1. The predicted octanol–water partition coefficient (Wildman–Crippen LogP) is 0.766. The van der Waals surface area contributed by atoms with Gasteiger partial charge in [-0.1, -0.05) is 6.07 Å². The fourth-order valence-corrected chi connectivity index (χ4v) is 1.37. The van der Waals surface area contributed by atoms with Crippen LogP contribution in [0.3, 0.4) is 0 Å². The van der Waals surface area contributed by atoms with Crippen molar-refractivity contribution >= 4 is 17.8 Å². The molecule has 0 aromatic heterocycles. The van der Waals surface area contributed by atoms with Gasteiger partial charge in [-0.25, -0.2) is 4.79 Å². The summed E-state index contributed by atoms with van der Waals surface area (Å²) in [7, 11) is 1.26. The van der Waals surface area contributed by atoms with Crippen LogP contribution in [0.4, 0.5) is 0 Å². The van der Waals surface area contributed by atoms with Crippen LogP contribution in [0, 0.1) is 0 Å². The molecule has 1 N–H and O–H groups in total. The Hall–Kier alpha value is -2.37. The maximum Gasteiger partial charge on any atom is 0.337 e. The van der Waals surface area contributed by atoms with E-state index in [1.165, 1.54) is 25.3 Å². The Kier molecular flexibility index (Phi) is 5.53. The third-order valence-electron chi connectivity index (χ3n) is 2.24. The molecule has 0 spiro atoms. The van der Waals surface area contributed by atoms with Crippen LogP contribution in [-0.2, 0) is 14.3 Å². The van der Waals surface area contributed by atoms with Crippen LogP contribution in [0.15, 0.2) is 24.3 Å². The molecule has 0 fully saturated rings. The first-order valence-corrected chi connectivity index (χ1v) is 5.70. The molecule has 0 aliphatic rings. The highest BCUT2D eigenvalue weighted by Gasteiger charge is 2.11. The van der Waals surface area contributed by atoms with Crippen molar-refractivity contribution in [3.8, 4) is 0 Å². The summed E-state index contributed by atoms with van der Waals surface area (Å²) >= 11 is 0. The van der Waals surface area contributed by atoms with Crippen LogP contribution in [0.1, 0.15) is 27.6 Å². The van der Waals surface area contributed by atoms with E-state index < -0.39 is 17.8 Å². The van der Waals surface area contributed by atoms with Crippen molar-refractivity contribution < 1.29 is 23.9 Å². The molecule has 0 heterocycles. The fraction of sp³-hybridized carbons (Fsp3) is 0.308. The molecule has 6 heteroatoms. The molecule has 0 aliphatic carbocycles. The number of ether oxygens (including phenoxy) is 2. The van der Waals surface area contributed by atoms with Crippen LogP contribution in [0.25, 0.3) is 0 Å². The van der Waals surface area contributed by atoms with E-state index in [-0.39, 0.29) is 24.3 Å². The Bertz CT molecular complexity index is 484. The van der Waals surface area contributed by atoms with Crippen LogP contribution in [0.5, 0.6) is 0 Å². The van der Waals surface area contributed by atoms with Crippen LogP contribution in [-0.4, -0.2) is 38.1 Å². The Morgan fingerprint density at radius 1 is 1.21 bits per heavy atom. The van der Waals surface area contributed by atoms with Gasteiger partial charge in [0.25, 0.3) is 5.91 Å². The number of amides is 1. The summed E-state index contributed by atoms with van der Waals surface area (Å²) in [4.78, 5) is 34.1. The minimum absolute atomic E-state index is 0.213. The lowest BCUT2D eigenvalue weighted by Gasteiger charge is -2.06. The minimum Gasteiger partial charge on any atom is -0.465 e. The first-order chi connectivity index (χ1) is 9.08. The van der Waals surface area contributed by atoms with E-state index in [1.54, 1.807) is 13.0 Å². The SMILES string of the molecule is CCOC(=O)CNC(=O)c1cccc(C(=O)OC)c1. The summed E-state index contributed by atoms with van der Waals surface area (Å²) in [5.41, 5.74) is 0.540. The maximum atomic E-state index is 11.7. The van der Waals surface area contributed by atoms with E-state index in [0.29, 0.717) is 0 Å². The highest BCUT2D eigenvalue weighted by Crippen LogP contribution is 2.06. The second-order valence-electron chi connectivity index (χ2n) is 3.56. The van der Waals surface area contributed by atoms with Crippen molar-refractivity contribution in [3.63, 3.8) is 0 Å². The van der Waals surface area contributed by atoms with Crippen molar-refractivity contribution in [2.45, 2.75) is 6.92 Å². The minimum atomic E-state index is -0.528. The lowest BCUT2D eigenvalue weighted by molar-refractivity contribution is -0.141. The molecule has 102 valence electrons. The zero-order valence-electron chi connectivity index (χ0n) is 10.8. The second kappa shape index (κ2) is 7.15. The number of methoxy groups -OCH3 is 1. The summed E-state index contributed by atoms with van der Waals surface area (Å²) in [6.45, 7) is 1.72. The average Bonchev–Trinajstić information content (AvgIpc) is 2.44. The number of rotatable bonds is 5. The van der Waals surface area contributed by atoms with Gasteiger partial charge in [0.15, 0.2) is 0 Å². The van der Waals surface area contributed by atoms with Crippen molar-refractivity contribution in [1.82, 2.24) is 5.32 Å². The number of carbonyl (C=O) groups is 3. The largest absolute Gasteiger partial charge is 0.465 e. The Balaban J connectivity index is 2.67. The predicted molar refractivity (Wildman–Crippen MR) is 66.7 cm³/mol. The number of carbonyl (C=O) groups excluding carboxylic acids is 3. The van der Waals surface area contributed by atoms with Gasteiger partial charge < -0.3 is 14.8 Å². The van der Waals surface area contributed by atoms with Crippen LogP contribution >= 0.6 is 0 Å². The number of hydrogen-bond donors (Lipinski definition) is 1. The first-order valence-electron chi connectivity index (χ1n) is 5.70. The van der Waals surface area contributed by atoms with Crippen molar-refractivity contribution in [3.05, 3.63) is 35.4 Å². The quantitative estimate of drug-likeness (QED) is 0.795. The average molecular weight is 265 g/mol. The van der Waals surface area contributed by atoms with Gasteiger partial charge >= 0.3 is 11.9 Å². The Morgan fingerprint density at radius 2 is 1.89 bits per heavy atom. The van der Waals surface area contributed by atoms with E-state index in [0.717, 1.165) is 0 Å². The van der Waals surface area contributed by atoms with Gasteiger partial charge in [-0.15, -0.1) is 0 Å². The molecule has 1 rings (SSSR count). The molecule has 1 amide bonds. The normalized spacial score (nSPS) is 9.58. The van der Waals surface area contributed by atoms with Gasteiger partial charge in [0.2, 0.25) is 0 Å². The molecule has 0 bridgehead atoms. The lowest BCUT2D eigenvalue weighted by atomic mass is 10.1. The number of esters is 2. The fourth-order valence-electron chi connectivity index (χ4n) is 1.37. The Morgan fingerprint density at radius 3 is 2.53 bits per heavy atom. The number of benzene rings is 1. The summed E-state index contributed by atoms with van der Waals surface area (Å²) in [6.07, 6.45) is 0. The van der Waals surface area contributed by atoms with Gasteiger partial charge in [-0.3, -0.25) is 9.59 Å². The monoisotopic (exact) mass is 265 g/mol. The van der Waals surface area contributed by atoms with E-state index in [1.807, 2.05) is 0 Å². The molecule has 1 aromatic rings. The smallest absolute Gasteiger partial charge is 0.337 e. The Labute approximate surface area is 110 Å². The van der Waals surface area contributed by atoms with E-state index >= 15 is 0 Å². The van der Waals surface area contributed by atoms with Gasteiger partial charge in [0.05, 0.1) is 19.3 Å². The molecule has 0 saturated carbocycles. The van der Waals surface area contributed by atoms with Gasteiger partial charge in [-0.2, -0.15) is 0 Å². The summed E-state index contributed by atoms with van der Waals surface area (Å²) < 4.78 is 9.24. The van der Waals surface area contributed by atoms with Gasteiger partial charge in [0.1, 0.15) is 6.54 Å². The first kappa shape index (κ1) is 14.7. The molecule has 0 aliphatic heterocycles. The molecule has 0 saturated heterocycles. The van der Waals surface area contributed by atoms with Crippen molar-refractivity contribution in [2.75, 3.05) is 20.3 Å². The molecule has 1 aromatic carbocycles. The molecule has 0 unspecified atom stereocenters. The molecule has 19 heavy (non-hydrogen) atoms. The standard InChI is InChI=1S/C13H15NO5/c1-3-19-11(15)8-14-12(16)9-5-4-6-10(7-9)13(17)18-2/h4-7H,3,8H2,1-2H3,(H,14,16). The van der Waals surface area contributed by atoms with E-state index in [2.05, 4.69) is 14.8 Å². The second-order valence-corrected chi connectivity index (χ2v) is 3.56. The van der Waals surface area contributed by atoms with E-state index in [4.69, 9.17) is 0 Å². The highest BCUT2D eigenvalue weighted by atomic mass is 16.5. The number of hydrogen-bond acceptors (Lipinski definition) is 5. The summed E-state index contributed by atoms with van der Waals surface area (Å²) in [5, 5.41) is 2.40. The maximum absolute atomic E-state index is 11.7. The molecule has 6 nitrogen and oxygen atoms in total. The molecule has 0 radical (unpaired) electrons. The zero-order chi connectivity index (χ0) is 14.3. The highest BCUT2D eigenvalue weighted by molar-refractivity contribution is 5.98. The van der Waals surface area contributed by atoms with Crippen LogP contribution in [0.2, 0.25) is 0 Å². The van der Waals surface area contributed by atoms with Gasteiger partial charge in [-0.05, 0) is 25.1 Å². The van der Waals surface area contributed by atoms with Crippen molar-refractivity contribution in [2.24, 2.45) is 0 Å². The molecule has 0 atom stereocenters.